The van der Waals surface area contributed by atoms with Crippen molar-refractivity contribution >= 4 is 40.3 Å². The highest BCUT2D eigenvalue weighted by atomic mass is 32.2. The molecule has 1 saturated heterocycles. The van der Waals surface area contributed by atoms with Crippen molar-refractivity contribution in [3.8, 4) is 5.75 Å². The van der Waals surface area contributed by atoms with E-state index in [1.807, 2.05) is 37.3 Å². The number of nitrogens with zero attached hydrogens (tertiary/aromatic N) is 3. The largest absolute Gasteiger partial charge is 0.497 e. The van der Waals surface area contributed by atoms with Crippen LogP contribution in [0.25, 0.3) is 0 Å². The molecule has 2 aliphatic rings. The molecular weight excluding hydrogens is 414 g/mol. The second-order valence-corrected chi connectivity index (χ2v) is 8.97. The van der Waals surface area contributed by atoms with Crippen molar-refractivity contribution in [1.82, 2.24) is 4.90 Å². The maximum atomic E-state index is 13.3. The maximum Gasteiger partial charge on any atom is 0.269 e. The number of aliphatic imine (C=N–C) groups is 1. The SMILES string of the molecule is CCN1C(=O)/C(=C2/Sc3ccc(OC)cc3N2CC)SC1=N[C@H](C)c1ccccc1. The molecule has 0 aliphatic carbocycles. The smallest absolute Gasteiger partial charge is 0.269 e. The maximum absolute atomic E-state index is 13.3. The van der Waals surface area contributed by atoms with Crippen molar-refractivity contribution < 1.29 is 9.53 Å². The Morgan fingerprint density at radius 1 is 1.03 bits per heavy atom. The molecule has 2 aromatic rings. The van der Waals surface area contributed by atoms with Gasteiger partial charge >= 0.3 is 0 Å². The summed E-state index contributed by atoms with van der Waals surface area (Å²) in [6.45, 7) is 7.54. The summed E-state index contributed by atoms with van der Waals surface area (Å²) in [6.07, 6.45) is 0. The lowest BCUT2D eigenvalue weighted by molar-refractivity contribution is -0.122. The van der Waals surface area contributed by atoms with E-state index in [-0.39, 0.29) is 11.9 Å². The molecule has 0 unspecified atom stereocenters. The third-order valence-corrected chi connectivity index (χ3v) is 7.58. The van der Waals surface area contributed by atoms with E-state index >= 15 is 0 Å². The summed E-state index contributed by atoms with van der Waals surface area (Å²) in [4.78, 5) is 24.1. The monoisotopic (exact) mass is 439 g/mol. The van der Waals surface area contributed by atoms with E-state index in [4.69, 9.17) is 9.73 Å². The molecule has 4 rings (SSSR count). The number of amides is 1. The van der Waals surface area contributed by atoms with E-state index < -0.39 is 0 Å². The van der Waals surface area contributed by atoms with Gasteiger partial charge in [0.15, 0.2) is 5.17 Å². The summed E-state index contributed by atoms with van der Waals surface area (Å²) >= 11 is 3.13. The Bertz CT molecular complexity index is 1020. The minimum Gasteiger partial charge on any atom is -0.497 e. The van der Waals surface area contributed by atoms with Crippen LogP contribution in [0.4, 0.5) is 5.69 Å². The second-order valence-electron chi connectivity index (χ2n) is 6.96. The molecule has 2 heterocycles. The van der Waals surface area contributed by atoms with Gasteiger partial charge < -0.3 is 9.64 Å². The third-order valence-electron chi connectivity index (χ3n) is 5.19. The van der Waals surface area contributed by atoms with Crippen LogP contribution in [0.15, 0.2) is 68.4 Å². The Balaban J connectivity index is 1.70. The van der Waals surface area contributed by atoms with Crippen LogP contribution in [-0.2, 0) is 4.79 Å². The number of amidine groups is 1. The van der Waals surface area contributed by atoms with Gasteiger partial charge in [-0.25, -0.2) is 0 Å². The van der Waals surface area contributed by atoms with Crippen LogP contribution in [0.3, 0.4) is 0 Å². The first-order valence-corrected chi connectivity index (χ1v) is 11.7. The summed E-state index contributed by atoms with van der Waals surface area (Å²) in [6, 6.07) is 16.2. The molecule has 1 fully saturated rings. The molecule has 0 N–H and O–H groups in total. The minimum atomic E-state index is -0.0140. The van der Waals surface area contributed by atoms with Crippen LogP contribution < -0.4 is 9.64 Å². The van der Waals surface area contributed by atoms with E-state index in [0.29, 0.717) is 6.54 Å². The van der Waals surface area contributed by atoms with Gasteiger partial charge in [-0.3, -0.25) is 14.7 Å². The van der Waals surface area contributed by atoms with E-state index in [1.54, 1.807) is 23.8 Å². The van der Waals surface area contributed by atoms with Gasteiger partial charge in [-0.05, 0) is 50.2 Å². The fourth-order valence-electron chi connectivity index (χ4n) is 3.55. The van der Waals surface area contributed by atoms with E-state index in [2.05, 4.69) is 36.9 Å². The van der Waals surface area contributed by atoms with Gasteiger partial charge in [0.25, 0.3) is 5.91 Å². The number of benzene rings is 2. The number of rotatable bonds is 5. The van der Waals surface area contributed by atoms with Gasteiger partial charge in [0.05, 0.1) is 18.8 Å². The van der Waals surface area contributed by atoms with Gasteiger partial charge in [0, 0.05) is 24.1 Å². The van der Waals surface area contributed by atoms with Crippen LogP contribution in [0.5, 0.6) is 5.75 Å². The zero-order chi connectivity index (χ0) is 21.3. The van der Waals surface area contributed by atoms with E-state index in [1.165, 1.54) is 11.8 Å². The Kier molecular flexibility index (Phi) is 6.11. The molecule has 2 aliphatic heterocycles. The van der Waals surface area contributed by atoms with Gasteiger partial charge in [0.2, 0.25) is 0 Å². The second kappa shape index (κ2) is 8.78. The number of thioether (sulfide) groups is 2. The number of fused-ring (bicyclic) bond motifs is 1. The zero-order valence-corrected chi connectivity index (χ0v) is 19.2. The minimum absolute atomic E-state index is 0.0140. The molecular formula is C23H25N3O2S2. The van der Waals surface area contributed by atoms with Gasteiger partial charge in [-0.15, -0.1) is 0 Å². The van der Waals surface area contributed by atoms with Gasteiger partial charge in [-0.2, -0.15) is 0 Å². The average Bonchev–Trinajstić information content (AvgIpc) is 3.29. The first kappa shape index (κ1) is 20.9. The number of ether oxygens (including phenoxy) is 1. The molecule has 30 heavy (non-hydrogen) atoms. The Labute approximate surface area is 186 Å². The van der Waals surface area contributed by atoms with Crippen molar-refractivity contribution in [3.63, 3.8) is 0 Å². The summed E-state index contributed by atoms with van der Waals surface area (Å²) in [7, 11) is 1.67. The predicted molar refractivity (Wildman–Crippen MR) is 126 cm³/mol. The standard InChI is InChI=1S/C23H25N3O2S2/c1-5-25-18-14-17(28-4)12-13-19(18)29-22(25)20-21(27)26(6-2)23(30-20)24-15(3)16-10-8-7-9-11-16/h7-15H,5-6H2,1-4H3/b22-20-,24-23?/t15-/m1/s1. The third kappa shape index (κ3) is 3.72. The van der Waals surface area contributed by atoms with Crippen molar-refractivity contribution in [2.24, 2.45) is 4.99 Å². The van der Waals surface area contributed by atoms with E-state index in [9.17, 15) is 4.79 Å². The molecule has 0 bridgehead atoms. The fourth-order valence-corrected chi connectivity index (χ4v) is 6.05. The van der Waals surface area contributed by atoms with E-state index in [0.717, 1.165) is 43.5 Å². The van der Waals surface area contributed by atoms with Crippen molar-refractivity contribution in [3.05, 3.63) is 64.0 Å². The summed E-state index contributed by atoms with van der Waals surface area (Å²) in [5.74, 6) is 0.848. The molecule has 7 heteroatoms. The van der Waals surface area contributed by atoms with Gasteiger partial charge in [-0.1, -0.05) is 42.1 Å². The molecule has 0 saturated carbocycles. The Hall–Kier alpha value is -2.38. The molecule has 0 spiro atoms. The molecule has 156 valence electrons. The quantitative estimate of drug-likeness (QED) is 0.575. The first-order valence-electron chi connectivity index (χ1n) is 10.1. The number of carbonyl (C=O) groups is 1. The number of likely N-dealkylation sites (N-methyl/N-ethyl adjacent to an activating group) is 1. The number of hydrogen-bond donors (Lipinski definition) is 0. The molecule has 5 nitrogen and oxygen atoms in total. The Morgan fingerprint density at radius 3 is 2.43 bits per heavy atom. The first-order chi connectivity index (χ1) is 14.6. The van der Waals surface area contributed by atoms with Crippen LogP contribution in [0.1, 0.15) is 32.4 Å². The highest BCUT2D eigenvalue weighted by Crippen LogP contribution is 2.51. The molecule has 0 radical (unpaired) electrons. The Morgan fingerprint density at radius 2 is 1.77 bits per heavy atom. The topological polar surface area (TPSA) is 45.1 Å². The molecule has 1 atom stereocenters. The summed E-state index contributed by atoms with van der Waals surface area (Å²) < 4.78 is 5.40. The number of hydrogen-bond acceptors (Lipinski definition) is 6. The highest BCUT2D eigenvalue weighted by Gasteiger charge is 2.39. The normalized spacial score (nSPS) is 20.8. The summed E-state index contributed by atoms with van der Waals surface area (Å²) in [5.41, 5.74) is 2.23. The molecule has 0 aromatic heterocycles. The predicted octanol–water partition coefficient (Wildman–Crippen LogP) is 5.51. The zero-order valence-electron chi connectivity index (χ0n) is 17.6. The number of methoxy groups -OCH3 is 1. The lowest BCUT2D eigenvalue weighted by Crippen LogP contribution is -2.30. The van der Waals surface area contributed by atoms with Crippen LogP contribution >= 0.6 is 23.5 Å². The number of anilines is 1. The average molecular weight is 440 g/mol. The lowest BCUT2D eigenvalue weighted by atomic mass is 10.1. The van der Waals surface area contributed by atoms with Crippen molar-refractivity contribution in [1.29, 1.82) is 0 Å². The van der Waals surface area contributed by atoms with Crippen molar-refractivity contribution in [2.45, 2.75) is 31.7 Å². The van der Waals surface area contributed by atoms with Crippen molar-refractivity contribution in [2.75, 3.05) is 25.1 Å². The van der Waals surface area contributed by atoms with Crippen LogP contribution in [-0.4, -0.2) is 36.2 Å². The molecule has 2 aromatic carbocycles. The van der Waals surface area contributed by atoms with Crippen LogP contribution in [0, 0.1) is 0 Å². The highest BCUT2D eigenvalue weighted by molar-refractivity contribution is 8.19. The number of carbonyl (C=O) groups excluding carboxylic acids is 1. The van der Waals surface area contributed by atoms with Crippen LogP contribution in [0.2, 0.25) is 0 Å². The fraction of sp³-hybridized carbons (Fsp3) is 0.304. The van der Waals surface area contributed by atoms with Gasteiger partial charge in [0.1, 0.15) is 15.7 Å². The lowest BCUT2D eigenvalue weighted by Gasteiger charge is -2.19. The molecule has 1 amide bonds. The summed E-state index contributed by atoms with van der Waals surface area (Å²) in [5, 5.41) is 1.75.